The van der Waals surface area contributed by atoms with Gasteiger partial charge < -0.3 is 14.8 Å². The predicted octanol–water partition coefficient (Wildman–Crippen LogP) is 3.76. The highest BCUT2D eigenvalue weighted by Crippen LogP contribution is 2.26. The largest absolute Gasteiger partial charge is 0.497 e. The Bertz CT molecular complexity index is 579. The van der Waals surface area contributed by atoms with Gasteiger partial charge in [-0.25, -0.2) is 4.39 Å². The second-order valence-corrected chi connectivity index (χ2v) is 4.46. The molecule has 0 aliphatic heterocycles. The molecule has 0 aliphatic rings. The van der Waals surface area contributed by atoms with Gasteiger partial charge in [-0.2, -0.15) is 0 Å². The third-order valence-corrected chi connectivity index (χ3v) is 3.17. The van der Waals surface area contributed by atoms with E-state index in [9.17, 15) is 4.39 Å². The van der Waals surface area contributed by atoms with Gasteiger partial charge in [0.2, 0.25) is 0 Å². The van der Waals surface area contributed by atoms with E-state index in [0.29, 0.717) is 12.2 Å². The summed E-state index contributed by atoms with van der Waals surface area (Å²) >= 11 is 0. The number of nitrogens with one attached hydrogen (secondary N) is 1. The molecule has 2 aromatic rings. The standard InChI is InChI=1S/C16H18FNO2/c1-11-5-4-6-14(17)16(11)18-10-12-9-13(19-2)7-8-15(12)20-3/h4-9,18H,10H2,1-3H3. The number of para-hydroxylation sites is 1. The third-order valence-electron chi connectivity index (χ3n) is 3.17. The van der Waals surface area contributed by atoms with Crippen molar-refractivity contribution in [2.24, 2.45) is 0 Å². The minimum absolute atomic E-state index is 0.258. The first-order valence-electron chi connectivity index (χ1n) is 6.35. The Morgan fingerprint density at radius 3 is 2.55 bits per heavy atom. The first-order valence-corrected chi connectivity index (χ1v) is 6.35. The molecule has 0 fully saturated rings. The predicted molar refractivity (Wildman–Crippen MR) is 78.0 cm³/mol. The summed E-state index contributed by atoms with van der Waals surface area (Å²) in [5, 5.41) is 3.11. The monoisotopic (exact) mass is 275 g/mol. The van der Waals surface area contributed by atoms with E-state index < -0.39 is 0 Å². The van der Waals surface area contributed by atoms with Gasteiger partial charge in [-0.15, -0.1) is 0 Å². The molecule has 0 heterocycles. The number of aryl methyl sites for hydroxylation is 1. The minimum Gasteiger partial charge on any atom is -0.497 e. The van der Waals surface area contributed by atoms with Crippen LogP contribution in [0.2, 0.25) is 0 Å². The molecule has 2 aromatic carbocycles. The summed E-state index contributed by atoms with van der Waals surface area (Å²) in [7, 11) is 3.22. The van der Waals surface area contributed by atoms with Crippen LogP contribution in [0, 0.1) is 12.7 Å². The SMILES string of the molecule is COc1ccc(OC)c(CNc2c(C)cccc2F)c1. The zero-order valence-corrected chi connectivity index (χ0v) is 11.9. The van der Waals surface area contributed by atoms with Crippen molar-refractivity contribution < 1.29 is 13.9 Å². The van der Waals surface area contributed by atoms with E-state index in [1.165, 1.54) is 6.07 Å². The van der Waals surface area contributed by atoms with E-state index in [0.717, 1.165) is 22.6 Å². The van der Waals surface area contributed by atoms with Crippen LogP contribution < -0.4 is 14.8 Å². The Morgan fingerprint density at radius 2 is 1.90 bits per heavy atom. The summed E-state index contributed by atoms with van der Waals surface area (Å²) in [5.74, 6) is 1.23. The molecule has 0 saturated heterocycles. The Kier molecular flexibility index (Phi) is 4.45. The van der Waals surface area contributed by atoms with Crippen molar-refractivity contribution in [1.82, 2.24) is 0 Å². The van der Waals surface area contributed by atoms with E-state index in [2.05, 4.69) is 5.32 Å². The number of benzene rings is 2. The second-order valence-electron chi connectivity index (χ2n) is 4.46. The first kappa shape index (κ1) is 14.2. The molecule has 106 valence electrons. The molecule has 0 bridgehead atoms. The molecular formula is C16H18FNO2. The van der Waals surface area contributed by atoms with Crippen molar-refractivity contribution in [1.29, 1.82) is 0 Å². The first-order chi connectivity index (χ1) is 9.65. The highest BCUT2D eigenvalue weighted by Gasteiger charge is 2.08. The molecule has 4 heteroatoms. The fourth-order valence-corrected chi connectivity index (χ4v) is 2.06. The number of ether oxygens (including phenoxy) is 2. The second kappa shape index (κ2) is 6.28. The summed E-state index contributed by atoms with van der Waals surface area (Å²) in [6.07, 6.45) is 0. The van der Waals surface area contributed by atoms with Gasteiger partial charge in [0.05, 0.1) is 19.9 Å². The average Bonchev–Trinajstić information content (AvgIpc) is 2.46. The Labute approximate surface area is 118 Å². The average molecular weight is 275 g/mol. The lowest BCUT2D eigenvalue weighted by atomic mass is 10.1. The molecule has 0 unspecified atom stereocenters. The quantitative estimate of drug-likeness (QED) is 0.901. The number of hydrogen-bond acceptors (Lipinski definition) is 3. The number of rotatable bonds is 5. The van der Waals surface area contributed by atoms with Gasteiger partial charge in [0, 0.05) is 12.1 Å². The van der Waals surface area contributed by atoms with Crippen LogP contribution >= 0.6 is 0 Å². The maximum absolute atomic E-state index is 13.8. The van der Waals surface area contributed by atoms with Crippen molar-refractivity contribution in [3.05, 3.63) is 53.3 Å². The van der Waals surface area contributed by atoms with Crippen molar-refractivity contribution in [2.75, 3.05) is 19.5 Å². The molecule has 0 aromatic heterocycles. The normalized spacial score (nSPS) is 10.2. The fraction of sp³-hybridized carbons (Fsp3) is 0.250. The lowest BCUT2D eigenvalue weighted by molar-refractivity contribution is 0.399. The molecule has 3 nitrogen and oxygen atoms in total. The summed E-state index contributed by atoms with van der Waals surface area (Å²) in [5.41, 5.74) is 2.29. The maximum atomic E-state index is 13.8. The molecule has 0 saturated carbocycles. The van der Waals surface area contributed by atoms with Crippen LogP contribution in [0.3, 0.4) is 0 Å². The summed E-state index contributed by atoms with van der Waals surface area (Å²) in [6, 6.07) is 10.6. The van der Waals surface area contributed by atoms with Gasteiger partial charge in [-0.3, -0.25) is 0 Å². The van der Waals surface area contributed by atoms with Crippen LogP contribution in [0.4, 0.5) is 10.1 Å². The zero-order valence-electron chi connectivity index (χ0n) is 11.9. The molecule has 1 N–H and O–H groups in total. The number of halogens is 1. The molecular weight excluding hydrogens is 257 g/mol. The number of hydrogen-bond donors (Lipinski definition) is 1. The topological polar surface area (TPSA) is 30.5 Å². The Morgan fingerprint density at radius 1 is 1.10 bits per heavy atom. The summed E-state index contributed by atoms with van der Waals surface area (Å²) in [4.78, 5) is 0. The molecule has 2 rings (SSSR count). The molecule has 0 radical (unpaired) electrons. The van der Waals surface area contributed by atoms with Crippen LogP contribution in [-0.4, -0.2) is 14.2 Å². The lowest BCUT2D eigenvalue weighted by Gasteiger charge is -2.14. The Balaban J connectivity index is 2.22. The van der Waals surface area contributed by atoms with Crippen molar-refractivity contribution >= 4 is 5.69 Å². The van der Waals surface area contributed by atoms with E-state index in [1.807, 2.05) is 31.2 Å². The minimum atomic E-state index is -0.258. The molecule has 0 spiro atoms. The van der Waals surface area contributed by atoms with E-state index >= 15 is 0 Å². The number of anilines is 1. The van der Waals surface area contributed by atoms with Crippen LogP contribution in [0.1, 0.15) is 11.1 Å². The van der Waals surface area contributed by atoms with Crippen LogP contribution in [-0.2, 0) is 6.54 Å². The summed E-state index contributed by atoms with van der Waals surface area (Å²) in [6.45, 7) is 2.33. The van der Waals surface area contributed by atoms with Gasteiger partial charge in [0.25, 0.3) is 0 Å². The smallest absolute Gasteiger partial charge is 0.146 e. The van der Waals surface area contributed by atoms with E-state index in [4.69, 9.17) is 9.47 Å². The highest BCUT2D eigenvalue weighted by atomic mass is 19.1. The maximum Gasteiger partial charge on any atom is 0.146 e. The van der Waals surface area contributed by atoms with Crippen molar-refractivity contribution in [2.45, 2.75) is 13.5 Å². The van der Waals surface area contributed by atoms with Crippen LogP contribution in [0.25, 0.3) is 0 Å². The van der Waals surface area contributed by atoms with Gasteiger partial charge in [0.1, 0.15) is 17.3 Å². The fourth-order valence-electron chi connectivity index (χ4n) is 2.06. The van der Waals surface area contributed by atoms with Crippen molar-refractivity contribution in [3.63, 3.8) is 0 Å². The number of methoxy groups -OCH3 is 2. The van der Waals surface area contributed by atoms with Crippen LogP contribution in [0.15, 0.2) is 36.4 Å². The molecule has 0 amide bonds. The molecule has 0 aliphatic carbocycles. The van der Waals surface area contributed by atoms with Gasteiger partial charge >= 0.3 is 0 Å². The van der Waals surface area contributed by atoms with Crippen LogP contribution in [0.5, 0.6) is 11.5 Å². The molecule has 20 heavy (non-hydrogen) atoms. The van der Waals surface area contributed by atoms with E-state index in [-0.39, 0.29) is 5.82 Å². The Hall–Kier alpha value is -2.23. The van der Waals surface area contributed by atoms with Gasteiger partial charge in [-0.05, 0) is 36.8 Å². The zero-order chi connectivity index (χ0) is 14.5. The lowest BCUT2D eigenvalue weighted by Crippen LogP contribution is -2.05. The van der Waals surface area contributed by atoms with Gasteiger partial charge in [-0.1, -0.05) is 12.1 Å². The third kappa shape index (κ3) is 3.02. The highest BCUT2D eigenvalue weighted by molar-refractivity contribution is 5.53. The van der Waals surface area contributed by atoms with E-state index in [1.54, 1.807) is 20.3 Å². The van der Waals surface area contributed by atoms with Gasteiger partial charge in [0.15, 0.2) is 0 Å². The summed E-state index contributed by atoms with van der Waals surface area (Å²) < 4.78 is 24.3. The molecule has 0 atom stereocenters. The van der Waals surface area contributed by atoms with Crippen molar-refractivity contribution in [3.8, 4) is 11.5 Å².